The van der Waals surface area contributed by atoms with E-state index in [-0.39, 0.29) is 5.91 Å². The second kappa shape index (κ2) is 10.1. The van der Waals surface area contributed by atoms with E-state index in [1.54, 1.807) is 0 Å². The van der Waals surface area contributed by atoms with Crippen LogP contribution in [0.25, 0.3) is 10.9 Å². The standard InChI is InChI=1S/C26H34N4O/c1-3-30(4-2)26(31)16-20-7-5-8-22(13-20)18-29-12-6-9-23(19-29)14-21-10-11-25-24(15-21)17-27-28-25/h5,7-8,10-11,13,15,17,23H,3-4,6,9,12,14,16,18-19H2,1-2H3,(H,27,28)/t23-/m0/s1. The van der Waals surface area contributed by atoms with Crippen LogP contribution in [0.4, 0.5) is 0 Å². The van der Waals surface area contributed by atoms with Gasteiger partial charge < -0.3 is 4.90 Å². The second-order valence-corrected chi connectivity index (χ2v) is 8.80. The molecule has 1 N–H and O–H groups in total. The van der Waals surface area contributed by atoms with Crippen LogP contribution >= 0.6 is 0 Å². The van der Waals surface area contributed by atoms with E-state index in [9.17, 15) is 4.79 Å². The van der Waals surface area contributed by atoms with Gasteiger partial charge in [0.1, 0.15) is 0 Å². The lowest BCUT2D eigenvalue weighted by atomic mass is 9.90. The van der Waals surface area contributed by atoms with Crippen molar-refractivity contribution < 1.29 is 4.79 Å². The predicted molar refractivity (Wildman–Crippen MR) is 126 cm³/mol. The first-order chi connectivity index (χ1) is 15.1. The number of piperidine rings is 1. The summed E-state index contributed by atoms with van der Waals surface area (Å²) in [6, 6.07) is 15.2. The van der Waals surface area contributed by atoms with Gasteiger partial charge in [0, 0.05) is 31.6 Å². The maximum absolute atomic E-state index is 12.5. The van der Waals surface area contributed by atoms with Crippen LogP contribution in [0.3, 0.4) is 0 Å². The number of rotatable bonds is 8. The van der Waals surface area contributed by atoms with Gasteiger partial charge in [0.25, 0.3) is 0 Å². The third-order valence-corrected chi connectivity index (χ3v) is 6.50. The highest BCUT2D eigenvalue weighted by atomic mass is 16.2. The molecule has 31 heavy (non-hydrogen) atoms. The smallest absolute Gasteiger partial charge is 0.226 e. The van der Waals surface area contributed by atoms with Crippen molar-refractivity contribution >= 4 is 16.8 Å². The Morgan fingerprint density at radius 3 is 2.81 bits per heavy atom. The van der Waals surface area contributed by atoms with E-state index in [1.165, 1.54) is 29.4 Å². The first-order valence-electron chi connectivity index (χ1n) is 11.6. The minimum atomic E-state index is 0.217. The molecule has 1 aromatic heterocycles. The Kier molecular flexibility index (Phi) is 7.03. The molecule has 3 aromatic rings. The lowest BCUT2D eigenvalue weighted by Gasteiger charge is -2.33. The molecule has 0 aliphatic carbocycles. The summed E-state index contributed by atoms with van der Waals surface area (Å²) < 4.78 is 0. The Morgan fingerprint density at radius 2 is 1.97 bits per heavy atom. The highest BCUT2D eigenvalue weighted by Crippen LogP contribution is 2.24. The van der Waals surface area contributed by atoms with E-state index < -0.39 is 0 Å². The van der Waals surface area contributed by atoms with Gasteiger partial charge in [-0.25, -0.2) is 0 Å². The number of fused-ring (bicyclic) bond motifs is 1. The second-order valence-electron chi connectivity index (χ2n) is 8.80. The van der Waals surface area contributed by atoms with Gasteiger partial charge in [0.2, 0.25) is 5.91 Å². The van der Waals surface area contributed by atoms with Crippen LogP contribution in [-0.4, -0.2) is 52.1 Å². The molecule has 1 saturated heterocycles. The molecule has 0 saturated carbocycles. The maximum Gasteiger partial charge on any atom is 0.226 e. The van der Waals surface area contributed by atoms with Gasteiger partial charge in [-0.3, -0.25) is 14.8 Å². The number of likely N-dealkylation sites (tertiary alicyclic amines) is 1. The first kappa shape index (κ1) is 21.6. The van der Waals surface area contributed by atoms with Crippen molar-refractivity contribution in [2.24, 2.45) is 5.92 Å². The number of aromatic amines is 1. The molecule has 4 rings (SSSR count). The molecular weight excluding hydrogens is 384 g/mol. The average molecular weight is 419 g/mol. The third kappa shape index (κ3) is 5.53. The van der Waals surface area contributed by atoms with E-state index in [4.69, 9.17) is 0 Å². The summed E-state index contributed by atoms with van der Waals surface area (Å²) >= 11 is 0. The minimum Gasteiger partial charge on any atom is -0.343 e. The van der Waals surface area contributed by atoms with Crippen molar-refractivity contribution in [3.05, 3.63) is 65.4 Å². The highest BCUT2D eigenvalue weighted by molar-refractivity contribution is 5.79. The van der Waals surface area contributed by atoms with Crippen LogP contribution in [0, 0.1) is 5.92 Å². The van der Waals surface area contributed by atoms with Crippen LogP contribution in [0.15, 0.2) is 48.7 Å². The summed E-state index contributed by atoms with van der Waals surface area (Å²) in [5.74, 6) is 0.903. The molecule has 1 fully saturated rings. The van der Waals surface area contributed by atoms with Gasteiger partial charge in [-0.05, 0) is 74.4 Å². The molecule has 0 bridgehead atoms. The number of carbonyl (C=O) groups excluding carboxylic acids is 1. The normalized spacial score (nSPS) is 17.2. The number of hydrogen-bond acceptors (Lipinski definition) is 3. The zero-order valence-electron chi connectivity index (χ0n) is 18.8. The molecule has 1 atom stereocenters. The number of aromatic nitrogens is 2. The Labute approximate surface area is 185 Å². The Morgan fingerprint density at radius 1 is 1.13 bits per heavy atom. The minimum absolute atomic E-state index is 0.217. The van der Waals surface area contributed by atoms with E-state index in [0.717, 1.165) is 50.2 Å². The highest BCUT2D eigenvalue weighted by Gasteiger charge is 2.21. The average Bonchev–Trinajstić information content (AvgIpc) is 3.23. The van der Waals surface area contributed by atoms with E-state index in [1.807, 2.05) is 24.9 Å². The fourth-order valence-corrected chi connectivity index (χ4v) is 4.87. The molecule has 5 nitrogen and oxygen atoms in total. The quantitative estimate of drug-likeness (QED) is 0.589. The van der Waals surface area contributed by atoms with Crippen molar-refractivity contribution in [2.75, 3.05) is 26.2 Å². The molecule has 0 spiro atoms. The van der Waals surface area contributed by atoms with Crippen LogP contribution in [0.5, 0.6) is 0 Å². The number of nitrogens with one attached hydrogen (secondary N) is 1. The molecule has 0 radical (unpaired) electrons. The van der Waals surface area contributed by atoms with E-state index in [0.29, 0.717) is 12.3 Å². The molecule has 2 aromatic carbocycles. The number of carbonyl (C=O) groups is 1. The number of hydrogen-bond donors (Lipinski definition) is 1. The van der Waals surface area contributed by atoms with Crippen LogP contribution in [0.1, 0.15) is 43.4 Å². The van der Waals surface area contributed by atoms with Gasteiger partial charge in [-0.2, -0.15) is 5.10 Å². The number of nitrogens with zero attached hydrogens (tertiary/aromatic N) is 3. The molecule has 1 aliphatic heterocycles. The van der Waals surface area contributed by atoms with Crippen LogP contribution in [0.2, 0.25) is 0 Å². The van der Waals surface area contributed by atoms with E-state index in [2.05, 4.69) is 57.6 Å². The fourth-order valence-electron chi connectivity index (χ4n) is 4.87. The molecule has 5 heteroatoms. The number of H-pyrrole nitrogens is 1. The summed E-state index contributed by atoms with van der Waals surface area (Å²) in [7, 11) is 0. The van der Waals surface area contributed by atoms with E-state index >= 15 is 0 Å². The largest absolute Gasteiger partial charge is 0.343 e. The van der Waals surface area contributed by atoms with Crippen LogP contribution in [-0.2, 0) is 24.2 Å². The fraction of sp³-hybridized carbons (Fsp3) is 0.462. The molecular formula is C26H34N4O. The molecule has 1 aliphatic rings. The zero-order chi connectivity index (χ0) is 21.6. The summed E-state index contributed by atoms with van der Waals surface area (Å²) in [5.41, 5.74) is 4.94. The maximum atomic E-state index is 12.5. The Balaban J connectivity index is 1.35. The first-order valence-corrected chi connectivity index (χ1v) is 11.6. The van der Waals surface area contributed by atoms with Crippen LogP contribution < -0.4 is 0 Å². The third-order valence-electron chi connectivity index (χ3n) is 6.50. The summed E-state index contributed by atoms with van der Waals surface area (Å²) in [5, 5.41) is 8.36. The summed E-state index contributed by atoms with van der Waals surface area (Å²) in [6.07, 6.45) is 6.06. The van der Waals surface area contributed by atoms with Gasteiger partial charge in [0.05, 0.1) is 18.1 Å². The Hall–Kier alpha value is -2.66. The van der Waals surface area contributed by atoms with Gasteiger partial charge in [-0.15, -0.1) is 0 Å². The Bertz CT molecular complexity index is 1010. The lowest BCUT2D eigenvalue weighted by molar-refractivity contribution is -0.130. The molecule has 2 heterocycles. The monoisotopic (exact) mass is 418 g/mol. The summed E-state index contributed by atoms with van der Waals surface area (Å²) in [4.78, 5) is 17.0. The van der Waals surface area contributed by atoms with Gasteiger partial charge in [-0.1, -0.05) is 30.3 Å². The predicted octanol–water partition coefficient (Wildman–Crippen LogP) is 4.43. The lowest BCUT2D eigenvalue weighted by Crippen LogP contribution is -2.35. The van der Waals surface area contributed by atoms with Crippen molar-refractivity contribution in [1.29, 1.82) is 0 Å². The zero-order valence-corrected chi connectivity index (χ0v) is 18.8. The van der Waals surface area contributed by atoms with Crippen molar-refractivity contribution in [2.45, 2.75) is 46.1 Å². The number of likely N-dealkylation sites (N-methyl/N-ethyl adjacent to an activating group) is 1. The number of amides is 1. The van der Waals surface area contributed by atoms with Gasteiger partial charge in [0.15, 0.2) is 0 Å². The van der Waals surface area contributed by atoms with Gasteiger partial charge >= 0.3 is 0 Å². The van der Waals surface area contributed by atoms with Crippen molar-refractivity contribution in [3.63, 3.8) is 0 Å². The SMILES string of the molecule is CCN(CC)C(=O)Cc1cccc(CN2CCC[C@@H](Cc3ccc4[nH]ncc4c3)C2)c1. The van der Waals surface area contributed by atoms with Crippen molar-refractivity contribution in [1.82, 2.24) is 20.0 Å². The number of benzene rings is 2. The molecule has 164 valence electrons. The molecule has 1 amide bonds. The summed E-state index contributed by atoms with van der Waals surface area (Å²) in [6.45, 7) is 8.88. The molecule has 0 unspecified atom stereocenters. The van der Waals surface area contributed by atoms with Crippen molar-refractivity contribution in [3.8, 4) is 0 Å². The topological polar surface area (TPSA) is 52.2 Å².